The minimum absolute atomic E-state index is 0.0747. The van der Waals surface area contributed by atoms with Gasteiger partial charge in [0, 0.05) is 24.5 Å². The van der Waals surface area contributed by atoms with Crippen LogP contribution in [0.25, 0.3) is 0 Å². The fourth-order valence-electron chi connectivity index (χ4n) is 2.06. The van der Waals surface area contributed by atoms with E-state index in [1.807, 2.05) is 6.92 Å². The van der Waals surface area contributed by atoms with Gasteiger partial charge < -0.3 is 14.8 Å². The Labute approximate surface area is 106 Å². The lowest BCUT2D eigenvalue weighted by Crippen LogP contribution is -2.41. The third kappa shape index (κ3) is 3.11. The first-order valence-corrected chi connectivity index (χ1v) is 7.41. The summed E-state index contributed by atoms with van der Waals surface area (Å²) < 4.78 is 32.2. The summed E-state index contributed by atoms with van der Waals surface area (Å²) in [5.74, 6) is 0. The van der Waals surface area contributed by atoms with Crippen LogP contribution in [0.3, 0.4) is 0 Å². The Balaban J connectivity index is 2.06. The van der Waals surface area contributed by atoms with E-state index in [2.05, 4.69) is 9.71 Å². The minimum atomic E-state index is -3.52. The molecular formula is C11H18N2O4S. The molecule has 1 saturated heterocycles. The number of hydrogen-bond acceptors (Lipinski definition) is 4. The lowest BCUT2D eigenvalue weighted by molar-refractivity contribution is 0.0173. The van der Waals surface area contributed by atoms with Crippen LogP contribution in [0, 0.1) is 0 Å². The van der Waals surface area contributed by atoms with Crippen molar-refractivity contribution in [3.8, 4) is 0 Å². The Bertz CT molecular complexity index is 497. The van der Waals surface area contributed by atoms with Crippen LogP contribution in [-0.2, 0) is 21.4 Å². The lowest BCUT2D eigenvalue weighted by atomic mass is 10.1. The number of aliphatic hydroxyl groups excluding tert-OH is 1. The van der Waals surface area contributed by atoms with E-state index in [9.17, 15) is 8.42 Å². The number of rotatable bonds is 4. The SMILES string of the molecule is CC1CC(NS(=O)(=O)c2c[nH]c(CO)c2)CCO1. The number of nitrogens with one attached hydrogen (secondary N) is 2. The predicted molar refractivity (Wildman–Crippen MR) is 65.5 cm³/mol. The smallest absolute Gasteiger partial charge is 0.242 e. The van der Waals surface area contributed by atoms with Crippen LogP contribution < -0.4 is 4.72 Å². The van der Waals surface area contributed by atoms with Crippen LogP contribution in [-0.4, -0.2) is 37.3 Å². The highest BCUT2D eigenvalue weighted by Gasteiger charge is 2.25. The Morgan fingerprint density at radius 1 is 1.61 bits per heavy atom. The molecule has 0 aromatic carbocycles. The number of aromatic amines is 1. The maximum atomic E-state index is 12.1. The van der Waals surface area contributed by atoms with E-state index in [1.165, 1.54) is 12.3 Å². The third-order valence-corrected chi connectivity index (χ3v) is 4.50. The van der Waals surface area contributed by atoms with Crippen molar-refractivity contribution in [2.24, 2.45) is 0 Å². The van der Waals surface area contributed by atoms with Crippen LogP contribution >= 0.6 is 0 Å². The third-order valence-electron chi connectivity index (χ3n) is 3.00. The first-order valence-electron chi connectivity index (χ1n) is 5.93. The highest BCUT2D eigenvalue weighted by Crippen LogP contribution is 2.17. The summed E-state index contributed by atoms with van der Waals surface area (Å²) in [6.45, 7) is 2.30. The van der Waals surface area contributed by atoms with E-state index in [-0.39, 0.29) is 23.6 Å². The molecule has 0 amide bonds. The summed E-state index contributed by atoms with van der Waals surface area (Å²) in [4.78, 5) is 2.87. The van der Waals surface area contributed by atoms with Crippen molar-refractivity contribution in [1.29, 1.82) is 0 Å². The van der Waals surface area contributed by atoms with Gasteiger partial charge >= 0.3 is 0 Å². The van der Waals surface area contributed by atoms with Crippen LogP contribution in [0.4, 0.5) is 0 Å². The number of H-pyrrole nitrogens is 1. The Hall–Kier alpha value is -0.890. The molecule has 18 heavy (non-hydrogen) atoms. The molecule has 0 bridgehead atoms. The molecular weight excluding hydrogens is 256 g/mol. The molecule has 0 saturated carbocycles. The van der Waals surface area contributed by atoms with Gasteiger partial charge in [-0.1, -0.05) is 0 Å². The zero-order valence-corrected chi connectivity index (χ0v) is 11.0. The first-order chi connectivity index (χ1) is 8.51. The number of sulfonamides is 1. The summed E-state index contributed by atoms with van der Waals surface area (Å²) in [6, 6.07) is 1.34. The van der Waals surface area contributed by atoms with Crippen molar-refractivity contribution in [3.05, 3.63) is 18.0 Å². The summed E-state index contributed by atoms with van der Waals surface area (Å²) in [5.41, 5.74) is 0.482. The number of ether oxygens (including phenoxy) is 1. The van der Waals surface area contributed by atoms with Crippen LogP contribution in [0.2, 0.25) is 0 Å². The molecule has 3 N–H and O–H groups in total. The van der Waals surface area contributed by atoms with Crippen LogP contribution in [0.5, 0.6) is 0 Å². The van der Waals surface area contributed by atoms with Gasteiger partial charge in [-0.05, 0) is 25.8 Å². The second kappa shape index (κ2) is 5.40. The number of hydrogen-bond donors (Lipinski definition) is 3. The molecule has 6 nitrogen and oxygen atoms in total. The van der Waals surface area contributed by atoms with Gasteiger partial charge in [0.25, 0.3) is 0 Å². The van der Waals surface area contributed by atoms with Gasteiger partial charge in [0.2, 0.25) is 10.0 Å². The van der Waals surface area contributed by atoms with E-state index in [0.29, 0.717) is 25.1 Å². The number of aromatic nitrogens is 1. The fourth-order valence-corrected chi connectivity index (χ4v) is 3.36. The average Bonchev–Trinajstić information content (AvgIpc) is 2.77. The van der Waals surface area contributed by atoms with E-state index < -0.39 is 10.0 Å². The molecule has 2 rings (SSSR count). The molecule has 1 aliphatic heterocycles. The summed E-state index contributed by atoms with van der Waals surface area (Å²) in [7, 11) is -3.52. The second-order valence-electron chi connectivity index (χ2n) is 4.54. The monoisotopic (exact) mass is 274 g/mol. The zero-order chi connectivity index (χ0) is 13.2. The van der Waals surface area contributed by atoms with Crippen molar-refractivity contribution in [3.63, 3.8) is 0 Å². The van der Waals surface area contributed by atoms with Gasteiger partial charge in [-0.15, -0.1) is 0 Å². The zero-order valence-electron chi connectivity index (χ0n) is 10.2. The van der Waals surface area contributed by atoms with Gasteiger partial charge in [-0.2, -0.15) is 0 Å². The van der Waals surface area contributed by atoms with Gasteiger partial charge in [0.05, 0.1) is 17.6 Å². The average molecular weight is 274 g/mol. The molecule has 1 aromatic rings. The van der Waals surface area contributed by atoms with Gasteiger partial charge in [-0.25, -0.2) is 13.1 Å². The molecule has 7 heteroatoms. The van der Waals surface area contributed by atoms with Crippen LogP contribution in [0.15, 0.2) is 17.2 Å². The summed E-state index contributed by atoms with van der Waals surface area (Å²) in [5, 5.41) is 8.91. The molecule has 1 fully saturated rings. The second-order valence-corrected chi connectivity index (χ2v) is 6.26. The standard InChI is InChI=1S/C11H18N2O4S/c1-8-4-9(2-3-17-8)13-18(15,16)11-5-10(7-14)12-6-11/h5-6,8-9,12-14H,2-4,7H2,1H3. The van der Waals surface area contributed by atoms with E-state index in [1.54, 1.807) is 0 Å². The van der Waals surface area contributed by atoms with Gasteiger partial charge in [0.15, 0.2) is 0 Å². The minimum Gasteiger partial charge on any atom is -0.390 e. The fraction of sp³-hybridized carbons (Fsp3) is 0.636. The topological polar surface area (TPSA) is 91.4 Å². The van der Waals surface area contributed by atoms with E-state index in [4.69, 9.17) is 9.84 Å². The van der Waals surface area contributed by atoms with Crippen molar-refractivity contribution in [1.82, 2.24) is 9.71 Å². The molecule has 0 aliphatic carbocycles. The van der Waals surface area contributed by atoms with Crippen molar-refractivity contribution < 1.29 is 18.3 Å². The normalized spacial score (nSPS) is 25.2. The molecule has 2 unspecified atom stereocenters. The molecule has 1 aromatic heterocycles. The quantitative estimate of drug-likeness (QED) is 0.739. The van der Waals surface area contributed by atoms with E-state index in [0.717, 1.165) is 0 Å². The van der Waals surface area contributed by atoms with Gasteiger partial charge in [-0.3, -0.25) is 0 Å². The molecule has 2 atom stereocenters. The van der Waals surface area contributed by atoms with Crippen molar-refractivity contribution in [2.75, 3.05) is 6.61 Å². The first kappa shape index (κ1) is 13.5. The van der Waals surface area contributed by atoms with Crippen LogP contribution in [0.1, 0.15) is 25.5 Å². The largest absolute Gasteiger partial charge is 0.390 e. The predicted octanol–water partition coefficient (Wildman–Crippen LogP) is 0.353. The summed E-state index contributed by atoms with van der Waals surface area (Å²) >= 11 is 0. The highest BCUT2D eigenvalue weighted by molar-refractivity contribution is 7.89. The molecule has 0 spiro atoms. The van der Waals surface area contributed by atoms with E-state index >= 15 is 0 Å². The molecule has 0 radical (unpaired) electrons. The maximum absolute atomic E-state index is 12.1. The number of aliphatic hydroxyl groups is 1. The highest BCUT2D eigenvalue weighted by atomic mass is 32.2. The van der Waals surface area contributed by atoms with Gasteiger partial charge in [0.1, 0.15) is 0 Å². The van der Waals surface area contributed by atoms with Crippen molar-refractivity contribution in [2.45, 2.75) is 43.4 Å². The molecule has 102 valence electrons. The Kier molecular flexibility index (Phi) is 4.06. The lowest BCUT2D eigenvalue weighted by Gasteiger charge is -2.27. The molecule has 2 heterocycles. The Morgan fingerprint density at radius 3 is 3.00 bits per heavy atom. The molecule has 1 aliphatic rings. The maximum Gasteiger partial charge on any atom is 0.242 e. The summed E-state index contributed by atoms with van der Waals surface area (Å²) in [6.07, 6.45) is 2.82. The Morgan fingerprint density at radius 2 is 2.39 bits per heavy atom. The van der Waals surface area contributed by atoms with Crippen molar-refractivity contribution >= 4 is 10.0 Å².